The molecule has 5 aliphatic carbocycles. The topological polar surface area (TPSA) is 144 Å². The average Bonchev–Trinajstić information content (AvgIpc) is 3.49. The molecule has 7 fully saturated rings. The Morgan fingerprint density at radius 3 is 2.45 bits per heavy atom. The number of hydrogen-bond donors (Lipinski definition) is 4. The lowest BCUT2D eigenvalue weighted by atomic mass is 9.44. The highest BCUT2D eigenvalue weighted by atomic mass is 16.8. The second kappa shape index (κ2) is 9.81. The van der Waals surface area contributed by atoms with Gasteiger partial charge in [-0.3, -0.25) is 4.79 Å². The van der Waals surface area contributed by atoms with Crippen molar-refractivity contribution >= 4 is 5.97 Å². The van der Waals surface area contributed by atoms with Crippen LogP contribution in [-0.2, 0) is 28.5 Å². The van der Waals surface area contributed by atoms with Crippen molar-refractivity contribution < 1.29 is 48.9 Å². The van der Waals surface area contributed by atoms with Crippen molar-refractivity contribution in [3.05, 3.63) is 11.6 Å². The molecule has 3 heterocycles. The zero-order chi connectivity index (χ0) is 33.9. The van der Waals surface area contributed by atoms with Crippen molar-refractivity contribution in [2.45, 2.75) is 161 Å². The van der Waals surface area contributed by atoms with E-state index >= 15 is 0 Å². The number of aliphatic hydroxyl groups is 4. The fraction of sp³-hybridized carbons (Fsp3) is 0.919. The fourth-order valence-electron chi connectivity index (χ4n) is 13.5. The lowest BCUT2D eigenvalue weighted by Gasteiger charge is -2.60. The molecule has 264 valence electrons. The minimum atomic E-state index is -1.31. The van der Waals surface area contributed by atoms with Crippen LogP contribution in [0.2, 0.25) is 0 Å². The molecule has 8 rings (SSSR count). The minimum Gasteiger partial charge on any atom is -0.457 e. The molecule has 0 aromatic carbocycles. The first-order chi connectivity index (χ1) is 21.8. The number of ether oxygens (including phenoxy) is 5. The van der Waals surface area contributed by atoms with Gasteiger partial charge in [0.25, 0.3) is 0 Å². The summed E-state index contributed by atoms with van der Waals surface area (Å²) < 4.78 is 31.8. The van der Waals surface area contributed by atoms with Gasteiger partial charge in [-0.05, 0) is 92.3 Å². The third-order valence-corrected chi connectivity index (χ3v) is 15.6. The van der Waals surface area contributed by atoms with E-state index in [4.69, 9.17) is 23.7 Å². The molecule has 47 heavy (non-hydrogen) atoms. The number of allylic oxidation sites excluding steroid dienone is 1. The summed E-state index contributed by atoms with van der Waals surface area (Å²) in [6.07, 6.45) is 2.55. The number of esters is 1. The summed E-state index contributed by atoms with van der Waals surface area (Å²) in [5.74, 6) is -0.922. The summed E-state index contributed by atoms with van der Waals surface area (Å²) in [5, 5.41) is 43.6. The van der Waals surface area contributed by atoms with Crippen LogP contribution in [-0.4, -0.2) is 93.4 Å². The van der Waals surface area contributed by atoms with E-state index in [-0.39, 0.29) is 58.3 Å². The first-order valence-electron chi connectivity index (χ1n) is 18.1. The zero-order valence-corrected chi connectivity index (χ0v) is 29.3. The highest BCUT2D eigenvalue weighted by Gasteiger charge is 2.86. The molecule has 4 N–H and O–H groups in total. The van der Waals surface area contributed by atoms with Gasteiger partial charge in [0, 0.05) is 18.3 Å². The molecule has 8 aliphatic rings. The van der Waals surface area contributed by atoms with Crippen LogP contribution >= 0.6 is 0 Å². The average molecular weight is 661 g/mol. The number of aliphatic hydroxyl groups excluding tert-OH is 4. The molecule has 0 unspecified atom stereocenters. The normalized spacial score (nSPS) is 57.1. The van der Waals surface area contributed by atoms with Crippen LogP contribution in [0.15, 0.2) is 11.6 Å². The summed E-state index contributed by atoms with van der Waals surface area (Å²) in [4.78, 5) is 12.1. The largest absolute Gasteiger partial charge is 0.457 e. The number of carbonyl (C=O) groups is 1. The van der Waals surface area contributed by atoms with Gasteiger partial charge in [-0.15, -0.1) is 0 Å². The van der Waals surface area contributed by atoms with Crippen LogP contribution in [0.4, 0.5) is 0 Å². The smallest absolute Gasteiger partial charge is 0.303 e. The van der Waals surface area contributed by atoms with Crippen molar-refractivity contribution in [1.82, 2.24) is 0 Å². The minimum absolute atomic E-state index is 0.00363. The fourth-order valence-corrected chi connectivity index (χ4v) is 13.5. The maximum atomic E-state index is 12.8. The van der Waals surface area contributed by atoms with Gasteiger partial charge < -0.3 is 44.1 Å². The molecule has 2 bridgehead atoms. The second-order valence-electron chi connectivity index (χ2n) is 18.4. The lowest BCUT2D eigenvalue weighted by molar-refractivity contribution is -0.300. The molecular formula is C37H56O10. The Bertz CT molecular complexity index is 1380. The molecular weight excluding hydrogens is 604 g/mol. The Kier molecular flexibility index (Phi) is 6.90. The predicted molar refractivity (Wildman–Crippen MR) is 168 cm³/mol. The Balaban J connectivity index is 1.12. The van der Waals surface area contributed by atoms with E-state index in [1.165, 1.54) is 12.5 Å². The molecule has 3 spiro atoms. The first-order valence-corrected chi connectivity index (χ1v) is 18.1. The second-order valence-corrected chi connectivity index (χ2v) is 18.4. The van der Waals surface area contributed by atoms with Crippen LogP contribution in [0.5, 0.6) is 0 Å². The predicted octanol–water partition coefficient (Wildman–Crippen LogP) is 3.61. The van der Waals surface area contributed by atoms with E-state index in [2.05, 4.69) is 40.7 Å². The van der Waals surface area contributed by atoms with Gasteiger partial charge in [0.1, 0.15) is 36.1 Å². The molecule has 10 heteroatoms. The number of fused-ring (bicyclic) bond motifs is 4. The van der Waals surface area contributed by atoms with Gasteiger partial charge in [-0.2, -0.15) is 0 Å². The Hall–Kier alpha value is -1.11. The zero-order valence-electron chi connectivity index (χ0n) is 29.3. The van der Waals surface area contributed by atoms with Gasteiger partial charge in [0.15, 0.2) is 12.1 Å². The Labute approximate surface area is 278 Å². The molecule has 0 aromatic rings. The highest BCUT2D eigenvalue weighted by Crippen LogP contribution is 2.89. The van der Waals surface area contributed by atoms with Gasteiger partial charge in [-0.1, -0.05) is 46.3 Å². The maximum Gasteiger partial charge on any atom is 0.303 e. The number of carbonyl (C=O) groups excluding carboxylic acids is 1. The summed E-state index contributed by atoms with van der Waals surface area (Å²) >= 11 is 0. The molecule has 0 radical (unpaired) electrons. The number of rotatable bonds is 4. The quantitative estimate of drug-likeness (QED) is 0.261. The molecule has 3 aliphatic heterocycles. The standard InChI is InChI=1S/C37H56O10/c1-18-15-21-28(32(5,6)45-19(2)38)47-37(46-21)27(18)33(7)13-14-36-17-35(36)12-11-24(44-29-26(41)25(40)20(39)16-43-29)31(3,4)22(35)9-10-23(36)34(33,8)30(37)42/h10,18,20-22,24-30,39-42H,9,11-17H2,1-8H3/t18-,20+,21-,22-,24-,25-,26+,27-,28+,29-,30+,33+,34+,35-,36+,37+/m1/s1. The van der Waals surface area contributed by atoms with E-state index in [9.17, 15) is 25.2 Å². The van der Waals surface area contributed by atoms with Crippen molar-refractivity contribution in [1.29, 1.82) is 0 Å². The molecule has 10 nitrogen and oxygen atoms in total. The molecule has 0 amide bonds. The van der Waals surface area contributed by atoms with Crippen LogP contribution in [0.25, 0.3) is 0 Å². The maximum absolute atomic E-state index is 12.8. The van der Waals surface area contributed by atoms with E-state index in [0.29, 0.717) is 5.92 Å². The first kappa shape index (κ1) is 33.1. The van der Waals surface area contributed by atoms with Crippen molar-refractivity contribution in [3.8, 4) is 0 Å². The van der Waals surface area contributed by atoms with Gasteiger partial charge in [0.05, 0.1) is 18.8 Å². The SMILES string of the molecule is CC(=O)OC(C)(C)[C@H]1O[C@@]23O[C@@H]1C[C@@H](C)[C@@H]2[C@]1(C)CC[C@@]24C[C@@]25CC[C@@H](O[C@H]2OC[C@H](O)[C@@H](O)[C@@H]2O)C(C)(C)[C@H]5CC=C4[C@@]1(C)[C@@H]3O. The lowest BCUT2D eigenvalue weighted by Crippen LogP contribution is -2.58. The monoisotopic (exact) mass is 660 g/mol. The van der Waals surface area contributed by atoms with Gasteiger partial charge in [0.2, 0.25) is 0 Å². The van der Waals surface area contributed by atoms with Crippen LogP contribution < -0.4 is 0 Å². The van der Waals surface area contributed by atoms with Crippen LogP contribution in [0, 0.1) is 44.8 Å². The highest BCUT2D eigenvalue weighted by molar-refractivity contribution is 5.66. The summed E-state index contributed by atoms with van der Waals surface area (Å²) in [6, 6.07) is 0. The van der Waals surface area contributed by atoms with Crippen LogP contribution in [0.1, 0.15) is 100 Å². The van der Waals surface area contributed by atoms with E-state index < -0.39 is 53.6 Å². The summed E-state index contributed by atoms with van der Waals surface area (Å²) in [6.45, 7) is 16.6. The van der Waals surface area contributed by atoms with Crippen molar-refractivity contribution in [2.24, 2.45) is 44.8 Å². The molecule has 16 atom stereocenters. The third kappa shape index (κ3) is 3.83. The van der Waals surface area contributed by atoms with E-state index in [0.717, 1.165) is 44.9 Å². The van der Waals surface area contributed by atoms with Gasteiger partial charge >= 0.3 is 5.97 Å². The van der Waals surface area contributed by atoms with Gasteiger partial charge in [-0.25, -0.2) is 0 Å². The van der Waals surface area contributed by atoms with Crippen molar-refractivity contribution in [2.75, 3.05) is 6.61 Å². The summed E-state index contributed by atoms with van der Waals surface area (Å²) in [7, 11) is 0. The Morgan fingerprint density at radius 1 is 1.02 bits per heavy atom. The van der Waals surface area contributed by atoms with Crippen LogP contribution in [0.3, 0.4) is 0 Å². The summed E-state index contributed by atoms with van der Waals surface area (Å²) in [5.41, 5.74) is -0.442. The van der Waals surface area contributed by atoms with E-state index in [1.807, 2.05) is 13.8 Å². The Morgan fingerprint density at radius 2 is 1.74 bits per heavy atom. The molecule has 3 saturated heterocycles. The molecule has 4 saturated carbocycles. The number of hydrogen-bond acceptors (Lipinski definition) is 10. The van der Waals surface area contributed by atoms with E-state index in [1.54, 1.807) is 0 Å². The molecule has 0 aromatic heterocycles. The third-order valence-electron chi connectivity index (χ3n) is 15.6. The van der Waals surface area contributed by atoms with Crippen molar-refractivity contribution in [3.63, 3.8) is 0 Å².